The highest BCUT2D eigenvalue weighted by atomic mass is 16.5. The molecule has 0 aromatic carbocycles. The monoisotopic (exact) mass is 251 g/mol. The topological polar surface area (TPSA) is 39.1 Å². The summed E-state index contributed by atoms with van der Waals surface area (Å²) in [4.78, 5) is 4.38. The number of hydrogen-bond acceptors (Lipinski definition) is 3. The molecular formula is C14H25N3O. The lowest BCUT2D eigenvalue weighted by Gasteiger charge is -2.24. The Kier molecular flexibility index (Phi) is 4.78. The van der Waals surface area contributed by atoms with Crippen molar-refractivity contribution < 1.29 is 4.74 Å². The zero-order valence-electron chi connectivity index (χ0n) is 11.7. The van der Waals surface area contributed by atoms with E-state index >= 15 is 0 Å². The highest BCUT2D eigenvalue weighted by molar-refractivity contribution is 4.93. The van der Waals surface area contributed by atoms with Crippen LogP contribution in [0.1, 0.15) is 38.9 Å². The summed E-state index contributed by atoms with van der Waals surface area (Å²) >= 11 is 0. The summed E-state index contributed by atoms with van der Waals surface area (Å²) in [5.74, 6) is 1.16. The van der Waals surface area contributed by atoms with Crippen LogP contribution in [-0.4, -0.2) is 34.3 Å². The number of imidazole rings is 1. The molecule has 1 aromatic heterocycles. The van der Waals surface area contributed by atoms with Crippen LogP contribution in [-0.2, 0) is 18.2 Å². The molecule has 4 heteroatoms. The van der Waals surface area contributed by atoms with Gasteiger partial charge in [-0.3, -0.25) is 0 Å². The molecule has 1 saturated heterocycles. The van der Waals surface area contributed by atoms with Crippen molar-refractivity contribution in [1.29, 1.82) is 0 Å². The van der Waals surface area contributed by atoms with E-state index in [4.69, 9.17) is 4.74 Å². The summed E-state index contributed by atoms with van der Waals surface area (Å²) in [6.45, 7) is 5.33. The van der Waals surface area contributed by atoms with Crippen molar-refractivity contribution in [2.75, 3.05) is 6.54 Å². The van der Waals surface area contributed by atoms with Gasteiger partial charge in [0.25, 0.3) is 0 Å². The van der Waals surface area contributed by atoms with Crippen LogP contribution >= 0.6 is 0 Å². The fourth-order valence-electron chi connectivity index (χ4n) is 2.73. The summed E-state index contributed by atoms with van der Waals surface area (Å²) < 4.78 is 8.08. The zero-order valence-corrected chi connectivity index (χ0v) is 11.7. The Balaban J connectivity index is 1.88. The van der Waals surface area contributed by atoms with Crippen molar-refractivity contribution in [3.8, 4) is 0 Å². The number of ether oxygens (including phenoxy) is 1. The van der Waals surface area contributed by atoms with Crippen LogP contribution in [0.4, 0.5) is 0 Å². The maximum atomic E-state index is 5.99. The number of likely N-dealkylation sites (N-methyl/N-ethyl adjacent to an activating group) is 1. The molecule has 1 aliphatic heterocycles. The van der Waals surface area contributed by atoms with E-state index in [9.17, 15) is 0 Å². The van der Waals surface area contributed by atoms with Gasteiger partial charge >= 0.3 is 0 Å². The first-order chi connectivity index (χ1) is 8.70. The molecule has 102 valence electrons. The number of nitrogens with one attached hydrogen (secondary N) is 1. The summed E-state index contributed by atoms with van der Waals surface area (Å²) in [6, 6.07) is 0.455. The van der Waals surface area contributed by atoms with E-state index in [0.29, 0.717) is 18.2 Å². The van der Waals surface area contributed by atoms with E-state index in [1.54, 1.807) is 0 Å². The van der Waals surface area contributed by atoms with E-state index < -0.39 is 0 Å². The Morgan fingerprint density at radius 1 is 1.56 bits per heavy atom. The van der Waals surface area contributed by atoms with Gasteiger partial charge in [0, 0.05) is 31.9 Å². The van der Waals surface area contributed by atoms with Gasteiger partial charge < -0.3 is 14.6 Å². The number of nitrogens with zero attached hydrogens (tertiary/aromatic N) is 2. The van der Waals surface area contributed by atoms with Crippen molar-refractivity contribution in [2.45, 2.75) is 57.8 Å². The Hall–Kier alpha value is -0.870. The smallest absolute Gasteiger partial charge is 0.108 e. The molecule has 0 spiro atoms. The van der Waals surface area contributed by atoms with Crippen molar-refractivity contribution >= 4 is 0 Å². The van der Waals surface area contributed by atoms with Crippen LogP contribution in [0.15, 0.2) is 12.4 Å². The highest BCUT2D eigenvalue weighted by Crippen LogP contribution is 2.23. The number of rotatable bonds is 6. The second-order valence-corrected chi connectivity index (χ2v) is 5.22. The molecule has 1 fully saturated rings. The summed E-state index contributed by atoms with van der Waals surface area (Å²) in [5.41, 5.74) is 0. The van der Waals surface area contributed by atoms with E-state index in [1.807, 2.05) is 12.4 Å². The van der Waals surface area contributed by atoms with E-state index in [1.165, 1.54) is 12.8 Å². The third-order valence-electron chi connectivity index (χ3n) is 3.78. The minimum atomic E-state index is 0.375. The first kappa shape index (κ1) is 13.6. The first-order valence-corrected chi connectivity index (χ1v) is 7.05. The zero-order chi connectivity index (χ0) is 13.0. The van der Waals surface area contributed by atoms with Gasteiger partial charge in [0.05, 0.1) is 12.2 Å². The van der Waals surface area contributed by atoms with Crippen molar-refractivity contribution in [3.63, 3.8) is 0 Å². The Morgan fingerprint density at radius 3 is 2.94 bits per heavy atom. The van der Waals surface area contributed by atoms with E-state index in [2.05, 4.69) is 35.8 Å². The Morgan fingerprint density at radius 2 is 2.39 bits per heavy atom. The number of aryl methyl sites for hydroxylation is 2. The third-order valence-corrected chi connectivity index (χ3v) is 3.78. The van der Waals surface area contributed by atoms with Crippen LogP contribution < -0.4 is 5.32 Å². The molecule has 3 atom stereocenters. The molecule has 1 aromatic rings. The van der Waals surface area contributed by atoms with E-state index in [0.717, 1.165) is 25.2 Å². The molecule has 2 rings (SSSR count). The number of hydrogen-bond donors (Lipinski definition) is 1. The molecule has 0 bridgehead atoms. The molecule has 18 heavy (non-hydrogen) atoms. The minimum absolute atomic E-state index is 0.375. The molecule has 0 radical (unpaired) electrons. The minimum Gasteiger partial charge on any atom is -0.374 e. The maximum Gasteiger partial charge on any atom is 0.108 e. The molecule has 0 amide bonds. The Labute approximate surface area is 110 Å². The van der Waals surface area contributed by atoms with Gasteiger partial charge in [0.15, 0.2) is 0 Å². The molecule has 1 N–H and O–H groups in total. The lowest BCUT2D eigenvalue weighted by molar-refractivity contribution is 0.0304. The Bertz CT molecular complexity index is 364. The standard InChI is InChI=1S/C14H25N3O/c1-4-15-12(13-7-5-11(2)18-13)6-8-14-16-9-10-17(14)3/h9-13,15H,4-8H2,1-3H3. The van der Waals surface area contributed by atoms with Crippen molar-refractivity contribution in [2.24, 2.45) is 7.05 Å². The second kappa shape index (κ2) is 6.34. The van der Waals surface area contributed by atoms with Gasteiger partial charge in [-0.15, -0.1) is 0 Å². The average molecular weight is 251 g/mol. The van der Waals surface area contributed by atoms with Crippen LogP contribution in [0.5, 0.6) is 0 Å². The molecule has 1 aliphatic rings. The SMILES string of the molecule is CCNC(CCc1nccn1C)C1CCC(C)O1. The third kappa shape index (κ3) is 3.33. The largest absolute Gasteiger partial charge is 0.374 e. The second-order valence-electron chi connectivity index (χ2n) is 5.22. The predicted octanol–water partition coefficient (Wildman–Crippen LogP) is 1.90. The van der Waals surface area contributed by atoms with Crippen LogP contribution in [0.2, 0.25) is 0 Å². The fourth-order valence-corrected chi connectivity index (χ4v) is 2.73. The molecule has 4 nitrogen and oxygen atoms in total. The van der Waals surface area contributed by atoms with Gasteiger partial charge in [-0.2, -0.15) is 0 Å². The number of aromatic nitrogens is 2. The molecular weight excluding hydrogens is 226 g/mol. The summed E-state index contributed by atoms with van der Waals surface area (Å²) in [7, 11) is 2.05. The molecule has 3 unspecified atom stereocenters. The van der Waals surface area contributed by atoms with Crippen molar-refractivity contribution in [3.05, 3.63) is 18.2 Å². The normalized spacial score (nSPS) is 25.5. The maximum absolute atomic E-state index is 5.99. The van der Waals surface area contributed by atoms with E-state index in [-0.39, 0.29) is 0 Å². The van der Waals surface area contributed by atoms with Crippen molar-refractivity contribution in [1.82, 2.24) is 14.9 Å². The van der Waals surface area contributed by atoms with Gasteiger partial charge in [0.2, 0.25) is 0 Å². The lowest BCUT2D eigenvalue weighted by Crippen LogP contribution is -2.40. The first-order valence-electron chi connectivity index (χ1n) is 7.05. The average Bonchev–Trinajstić information content (AvgIpc) is 2.94. The van der Waals surface area contributed by atoms with Crippen LogP contribution in [0, 0.1) is 0 Å². The molecule has 2 heterocycles. The molecule has 0 aliphatic carbocycles. The van der Waals surface area contributed by atoms with Gasteiger partial charge in [0.1, 0.15) is 5.82 Å². The summed E-state index contributed by atoms with van der Waals surface area (Å²) in [5, 5.41) is 3.56. The van der Waals surface area contributed by atoms with Crippen LogP contribution in [0.3, 0.4) is 0 Å². The summed E-state index contributed by atoms with van der Waals surface area (Å²) in [6.07, 6.45) is 9.14. The highest BCUT2D eigenvalue weighted by Gasteiger charge is 2.28. The van der Waals surface area contributed by atoms with Gasteiger partial charge in [-0.25, -0.2) is 4.98 Å². The quantitative estimate of drug-likeness (QED) is 0.839. The van der Waals surface area contributed by atoms with Crippen LogP contribution in [0.25, 0.3) is 0 Å². The predicted molar refractivity (Wildman–Crippen MR) is 72.6 cm³/mol. The molecule has 0 saturated carbocycles. The van der Waals surface area contributed by atoms with Gasteiger partial charge in [-0.1, -0.05) is 6.92 Å². The lowest BCUT2D eigenvalue weighted by atomic mass is 10.0. The fraction of sp³-hybridized carbons (Fsp3) is 0.786. The van der Waals surface area contributed by atoms with Gasteiger partial charge in [-0.05, 0) is 32.7 Å².